The molecular weight excluding hydrogens is 155 g/mol. The van der Waals surface area contributed by atoms with Gasteiger partial charge in [-0.1, -0.05) is 6.92 Å². The Morgan fingerprint density at radius 2 is 1.36 bits per heavy atom. The third-order valence-electron chi connectivity index (χ3n) is 0.894. The van der Waals surface area contributed by atoms with Crippen molar-refractivity contribution in [3.63, 3.8) is 0 Å². The maximum atomic E-state index is 9.67. The van der Waals surface area contributed by atoms with E-state index in [1.807, 2.05) is 0 Å². The minimum absolute atomic E-state index is 1.09. The fraction of sp³-hybridized carbons (Fsp3) is 1.00. The first-order valence-corrected chi connectivity index (χ1v) is 3.52. The van der Waals surface area contributed by atoms with E-state index in [0.717, 1.165) is 4.48 Å². The van der Waals surface area contributed by atoms with Gasteiger partial charge in [-0.15, -0.1) is 0 Å². The largest absolute Gasteiger partial charge is 0.379 e. The predicted octanol–water partition coefficient (Wildman–Crippen LogP) is 2.28. The first kappa shape index (κ1) is 13.3. The summed E-state index contributed by atoms with van der Waals surface area (Å²) in [5.41, 5.74) is 0. The maximum absolute atomic E-state index is 9.67. The van der Waals surface area contributed by atoms with E-state index in [1.54, 1.807) is 0 Å². The molecule has 0 spiro atoms. The van der Waals surface area contributed by atoms with Crippen molar-refractivity contribution in [2.45, 2.75) is 20.0 Å². The summed E-state index contributed by atoms with van der Waals surface area (Å²) in [7, 11) is 6.64. The van der Waals surface area contributed by atoms with Gasteiger partial charge in [0.25, 0.3) is 0 Å². The zero-order chi connectivity index (χ0) is 9.49. The molecule has 4 heteroatoms. The summed E-state index contributed by atoms with van der Waals surface area (Å²) in [6.07, 6.45) is 1.28. The minimum atomic E-state index is -3.67. The first-order chi connectivity index (χ1) is 4.79. The second-order valence-corrected chi connectivity index (χ2v) is 3.26. The number of hydrogen-bond acceptors (Lipinski definition) is 0. The van der Waals surface area contributed by atoms with Crippen molar-refractivity contribution in [1.29, 1.82) is 0 Å². The van der Waals surface area contributed by atoms with Gasteiger partial charge < -0.3 is 4.48 Å². The smallest absolute Gasteiger partial charge is 0.331 e. The topological polar surface area (TPSA) is 0 Å². The summed E-state index contributed by atoms with van der Waals surface area (Å²) in [6, 6.07) is 0. The number of hydrogen-bond donors (Lipinski definition) is 0. The number of alkyl halides is 3. The van der Waals surface area contributed by atoms with Crippen LogP contribution in [0.4, 0.5) is 13.2 Å². The molecule has 0 aliphatic carbocycles. The van der Waals surface area contributed by atoms with Crippen LogP contribution in [0.15, 0.2) is 0 Å². The van der Waals surface area contributed by atoms with E-state index in [1.165, 1.54) is 13.0 Å². The number of halogens is 3. The summed E-state index contributed by atoms with van der Waals surface area (Å²) >= 11 is 0. The second kappa shape index (κ2) is 6.46. The molecule has 0 unspecified atom stereocenters. The van der Waals surface area contributed by atoms with Crippen LogP contribution in [-0.4, -0.2) is 38.9 Å². The molecule has 0 aromatic heterocycles. The zero-order valence-electron chi connectivity index (χ0n) is 7.57. The Hall–Kier alpha value is -0.250. The Balaban J connectivity index is 0. The van der Waals surface area contributed by atoms with Crippen LogP contribution in [-0.2, 0) is 0 Å². The van der Waals surface area contributed by atoms with Crippen LogP contribution in [0.5, 0.6) is 0 Å². The molecule has 0 rings (SSSR count). The van der Waals surface area contributed by atoms with Gasteiger partial charge in [0.05, 0.1) is 27.7 Å². The number of rotatable bonds is 2. The van der Waals surface area contributed by atoms with E-state index in [-0.39, 0.29) is 0 Å². The molecule has 0 aromatic rings. The molecule has 0 bridgehead atoms. The van der Waals surface area contributed by atoms with Crippen molar-refractivity contribution in [1.82, 2.24) is 0 Å². The lowest BCUT2D eigenvalue weighted by Gasteiger charge is -2.22. The van der Waals surface area contributed by atoms with E-state index < -0.39 is 6.68 Å². The highest BCUT2D eigenvalue weighted by molar-refractivity contribution is 4.20. The Kier molecular flexibility index (Phi) is 7.84. The Morgan fingerprint density at radius 3 is 1.36 bits per heavy atom. The van der Waals surface area contributed by atoms with Gasteiger partial charge in [-0.2, -0.15) is 13.2 Å². The standard InChI is InChI=1S/C6H16N.CHF3/c1-5-6-7(2,3)4;2-1(3)4/h5-6H2,1-4H3;1H/q+1;. The van der Waals surface area contributed by atoms with Crippen LogP contribution < -0.4 is 0 Å². The van der Waals surface area contributed by atoms with Crippen molar-refractivity contribution >= 4 is 0 Å². The summed E-state index contributed by atoms with van der Waals surface area (Å²) in [4.78, 5) is 0. The van der Waals surface area contributed by atoms with E-state index >= 15 is 0 Å². The average molecular weight is 172 g/mol. The predicted molar refractivity (Wildman–Crippen MR) is 40.3 cm³/mol. The number of quaternary nitrogens is 1. The van der Waals surface area contributed by atoms with Crippen molar-refractivity contribution < 1.29 is 17.7 Å². The molecule has 0 aliphatic rings. The Bertz CT molecular complexity index is 75.5. The van der Waals surface area contributed by atoms with Crippen molar-refractivity contribution in [2.75, 3.05) is 27.7 Å². The highest BCUT2D eigenvalue weighted by Gasteiger charge is 2.01. The van der Waals surface area contributed by atoms with E-state index in [0.29, 0.717) is 0 Å². The van der Waals surface area contributed by atoms with Gasteiger partial charge >= 0.3 is 6.68 Å². The zero-order valence-corrected chi connectivity index (χ0v) is 7.57. The van der Waals surface area contributed by atoms with Gasteiger partial charge in [-0.25, -0.2) is 0 Å². The van der Waals surface area contributed by atoms with Crippen LogP contribution >= 0.6 is 0 Å². The molecule has 0 N–H and O–H groups in total. The molecule has 0 radical (unpaired) electrons. The first-order valence-electron chi connectivity index (χ1n) is 3.52. The Labute approximate surface area is 66.4 Å². The van der Waals surface area contributed by atoms with Gasteiger partial charge in [0.1, 0.15) is 0 Å². The fourth-order valence-corrected chi connectivity index (χ4v) is 0.671. The lowest BCUT2D eigenvalue weighted by molar-refractivity contribution is -0.870. The van der Waals surface area contributed by atoms with Gasteiger partial charge in [0.15, 0.2) is 0 Å². The molecule has 11 heavy (non-hydrogen) atoms. The minimum Gasteiger partial charge on any atom is -0.331 e. The molecule has 0 atom stereocenters. The maximum Gasteiger partial charge on any atom is 0.379 e. The van der Waals surface area contributed by atoms with Gasteiger partial charge in [-0.05, 0) is 6.42 Å². The second-order valence-electron chi connectivity index (χ2n) is 3.26. The van der Waals surface area contributed by atoms with E-state index in [4.69, 9.17) is 0 Å². The van der Waals surface area contributed by atoms with Crippen molar-refractivity contribution in [3.8, 4) is 0 Å². The van der Waals surface area contributed by atoms with Gasteiger partial charge in [-0.3, -0.25) is 0 Å². The molecule has 0 saturated carbocycles. The van der Waals surface area contributed by atoms with Gasteiger partial charge in [0, 0.05) is 0 Å². The Morgan fingerprint density at radius 1 is 1.09 bits per heavy atom. The van der Waals surface area contributed by atoms with Crippen LogP contribution in [0.3, 0.4) is 0 Å². The highest BCUT2D eigenvalue weighted by Crippen LogP contribution is 1.90. The summed E-state index contributed by atoms with van der Waals surface area (Å²) in [5, 5.41) is 0. The normalized spacial score (nSPS) is 10.9. The monoisotopic (exact) mass is 172 g/mol. The van der Waals surface area contributed by atoms with Gasteiger partial charge in [0.2, 0.25) is 0 Å². The number of nitrogens with zero attached hydrogens (tertiary/aromatic N) is 1. The fourth-order valence-electron chi connectivity index (χ4n) is 0.671. The average Bonchev–Trinajstić information content (AvgIpc) is 1.58. The van der Waals surface area contributed by atoms with E-state index in [2.05, 4.69) is 28.1 Å². The van der Waals surface area contributed by atoms with E-state index in [9.17, 15) is 13.2 Å². The molecule has 70 valence electrons. The van der Waals surface area contributed by atoms with Crippen molar-refractivity contribution in [3.05, 3.63) is 0 Å². The summed E-state index contributed by atoms with van der Waals surface area (Å²) < 4.78 is 30.1. The molecule has 0 fully saturated rings. The summed E-state index contributed by atoms with van der Waals surface area (Å²) in [6.45, 7) is -0.177. The molecule has 0 heterocycles. The molecule has 0 aliphatic heterocycles. The molecule has 0 amide bonds. The quantitative estimate of drug-likeness (QED) is 0.560. The molecule has 1 nitrogen and oxygen atoms in total. The lowest BCUT2D eigenvalue weighted by Crippen LogP contribution is -2.34. The van der Waals surface area contributed by atoms with Crippen LogP contribution in [0.2, 0.25) is 0 Å². The third-order valence-corrected chi connectivity index (χ3v) is 0.894. The summed E-state index contributed by atoms with van der Waals surface area (Å²) in [5.74, 6) is 0. The lowest BCUT2D eigenvalue weighted by atomic mass is 10.4. The van der Waals surface area contributed by atoms with Crippen LogP contribution in [0.1, 0.15) is 13.3 Å². The molecule has 0 aromatic carbocycles. The molecular formula is C7H17F3N+. The van der Waals surface area contributed by atoms with Crippen LogP contribution in [0, 0.1) is 0 Å². The SMILES string of the molecule is CCC[N+](C)(C)C.FC(F)F. The molecule has 0 saturated heterocycles. The van der Waals surface area contributed by atoms with Crippen LogP contribution in [0.25, 0.3) is 0 Å². The van der Waals surface area contributed by atoms with Crippen molar-refractivity contribution in [2.24, 2.45) is 0 Å². The highest BCUT2D eigenvalue weighted by atomic mass is 19.4. The third kappa shape index (κ3) is 41.6.